The zero-order chi connectivity index (χ0) is 16.8. The third-order valence-corrected chi connectivity index (χ3v) is 4.19. The summed E-state index contributed by atoms with van der Waals surface area (Å²) in [5.41, 5.74) is 0.892. The fraction of sp³-hybridized carbons (Fsp3) is 0.632. The molecular weight excluding hydrogens is 304 g/mol. The Bertz CT molecular complexity index is 420. The van der Waals surface area contributed by atoms with Crippen LogP contribution in [0.1, 0.15) is 71.1 Å². The van der Waals surface area contributed by atoms with Gasteiger partial charge in [-0.3, -0.25) is 0 Å². The predicted molar refractivity (Wildman–Crippen MR) is 104 cm³/mol. The highest BCUT2D eigenvalue weighted by atomic mass is 32.1. The highest BCUT2D eigenvalue weighted by Crippen LogP contribution is 2.13. The van der Waals surface area contributed by atoms with Crippen LogP contribution in [0.15, 0.2) is 24.3 Å². The molecule has 0 fully saturated rings. The summed E-state index contributed by atoms with van der Waals surface area (Å²) in [5, 5.41) is 16.2. The number of phenols is 1. The first kappa shape index (κ1) is 19.8. The van der Waals surface area contributed by atoms with Crippen LogP contribution in [0.3, 0.4) is 0 Å². The van der Waals surface area contributed by atoms with Crippen molar-refractivity contribution in [3.63, 3.8) is 0 Å². The number of rotatable bonds is 12. The van der Waals surface area contributed by atoms with Crippen molar-refractivity contribution in [1.82, 2.24) is 5.32 Å². The van der Waals surface area contributed by atoms with Gasteiger partial charge in [-0.15, -0.1) is 0 Å². The van der Waals surface area contributed by atoms with Gasteiger partial charge in [-0.2, -0.15) is 0 Å². The number of thiocarbonyl (C=S) groups is 1. The number of benzene rings is 1. The second-order valence-electron chi connectivity index (χ2n) is 6.11. The lowest BCUT2D eigenvalue weighted by molar-refractivity contribution is 0.475. The first-order valence-electron chi connectivity index (χ1n) is 9.06. The normalized spacial score (nSPS) is 10.5. The van der Waals surface area contributed by atoms with Crippen molar-refractivity contribution in [3.05, 3.63) is 24.3 Å². The van der Waals surface area contributed by atoms with Gasteiger partial charge in [0.1, 0.15) is 5.75 Å². The number of hydrogen-bond donors (Lipinski definition) is 3. The van der Waals surface area contributed by atoms with E-state index >= 15 is 0 Å². The van der Waals surface area contributed by atoms with E-state index in [0.717, 1.165) is 18.7 Å². The van der Waals surface area contributed by atoms with Crippen molar-refractivity contribution in [2.45, 2.75) is 71.1 Å². The molecular formula is C19H32N2OS. The molecule has 0 saturated heterocycles. The van der Waals surface area contributed by atoms with E-state index in [4.69, 9.17) is 12.2 Å². The first-order chi connectivity index (χ1) is 11.2. The molecule has 0 aliphatic carbocycles. The molecule has 1 aromatic rings. The molecule has 1 aromatic carbocycles. The summed E-state index contributed by atoms with van der Waals surface area (Å²) in [6, 6.07) is 6.91. The number of phenolic OH excluding ortho intramolecular Hbond substituents is 1. The molecule has 0 radical (unpaired) electrons. The fourth-order valence-corrected chi connectivity index (χ4v) is 2.75. The number of nitrogens with one attached hydrogen (secondary N) is 2. The molecule has 0 saturated carbocycles. The molecule has 0 aliphatic heterocycles. The predicted octanol–water partition coefficient (Wildman–Crippen LogP) is 5.60. The number of anilines is 1. The zero-order valence-electron chi connectivity index (χ0n) is 14.4. The van der Waals surface area contributed by atoms with E-state index in [2.05, 4.69) is 17.6 Å². The van der Waals surface area contributed by atoms with Gasteiger partial charge in [0.2, 0.25) is 0 Å². The monoisotopic (exact) mass is 336 g/mol. The van der Waals surface area contributed by atoms with E-state index in [1.807, 2.05) is 12.1 Å². The number of unbranched alkanes of at least 4 members (excludes halogenated alkanes) is 9. The van der Waals surface area contributed by atoms with Crippen LogP contribution >= 0.6 is 12.2 Å². The minimum absolute atomic E-state index is 0.264. The lowest BCUT2D eigenvalue weighted by atomic mass is 10.1. The molecule has 130 valence electrons. The SMILES string of the molecule is CCCCCCCCCCCCNC(=S)Nc1ccc(O)cc1. The summed E-state index contributed by atoms with van der Waals surface area (Å²) in [4.78, 5) is 0. The van der Waals surface area contributed by atoms with Gasteiger partial charge in [0, 0.05) is 12.2 Å². The molecule has 0 unspecified atom stereocenters. The van der Waals surface area contributed by atoms with Gasteiger partial charge in [-0.1, -0.05) is 64.7 Å². The molecule has 23 heavy (non-hydrogen) atoms. The van der Waals surface area contributed by atoms with Gasteiger partial charge in [0.05, 0.1) is 0 Å². The smallest absolute Gasteiger partial charge is 0.170 e. The van der Waals surface area contributed by atoms with E-state index in [1.54, 1.807) is 12.1 Å². The van der Waals surface area contributed by atoms with E-state index < -0.39 is 0 Å². The van der Waals surface area contributed by atoms with Crippen LogP contribution in [0.2, 0.25) is 0 Å². The maximum Gasteiger partial charge on any atom is 0.170 e. The molecule has 3 nitrogen and oxygen atoms in total. The van der Waals surface area contributed by atoms with Crippen LogP contribution in [0.25, 0.3) is 0 Å². The Morgan fingerprint density at radius 2 is 1.39 bits per heavy atom. The molecule has 0 bridgehead atoms. The highest BCUT2D eigenvalue weighted by molar-refractivity contribution is 7.80. The fourth-order valence-electron chi connectivity index (χ4n) is 2.53. The largest absolute Gasteiger partial charge is 0.508 e. The van der Waals surface area contributed by atoms with Gasteiger partial charge >= 0.3 is 0 Å². The van der Waals surface area contributed by atoms with Crippen LogP contribution in [0.5, 0.6) is 5.75 Å². The van der Waals surface area contributed by atoms with Gasteiger partial charge in [0.15, 0.2) is 5.11 Å². The van der Waals surface area contributed by atoms with Gasteiger partial charge < -0.3 is 15.7 Å². The molecule has 4 heteroatoms. The molecule has 0 aromatic heterocycles. The summed E-state index contributed by atoms with van der Waals surface area (Å²) in [6.07, 6.45) is 13.4. The average molecular weight is 337 g/mol. The van der Waals surface area contributed by atoms with Crippen LogP contribution in [-0.2, 0) is 0 Å². The maximum absolute atomic E-state index is 9.23. The standard InChI is InChI=1S/C19H32N2OS/c1-2-3-4-5-6-7-8-9-10-11-16-20-19(23)21-17-12-14-18(22)15-13-17/h12-15,22H,2-11,16H2,1H3,(H2,20,21,23). The van der Waals surface area contributed by atoms with Gasteiger partial charge in [0.25, 0.3) is 0 Å². The van der Waals surface area contributed by atoms with Crippen LogP contribution in [-0.4, -0.2) is 16.8 Å². The Balaban J connectivity index is 1.90. The van der Waals surface area contributed by atoms with Crippen molar-refractivity contribution >= 4 is 23.0 Å². The highest BCUT2D eigenvalue weighted by Gasteiger charge is 1.98. The third-order valence-electron chi connectivity index (χ3n) is 3.94. The Morgan fingerprint density at radius 3 is 1.96 bits per heavy atom. The molecule has 0 atom stereocenters. The summed E-state index contributed by atoms with van der Waals surface area (Å²) in [7, 11) is 0. The summed E-state index contributed by atoms with van der Waals surface area (Å²) in [6.45, 7) is 3.18. The zero-order valence-corrected chi connectivity index (χ0v) is 15.3. The Hall–Kier alpha value is -1.29. The molecule has 1 rings (SSSR count). The maximum atomic E-state index is 9.23. The van der Waals surface area contributed by atoms with Crippen molar-refractivity contribution in [1.29, 1.82) is 0 Å². The van der Waals surface area contributed by atoms with E-state index in [0.29, 0.717) is 5.11 Å². The van der Waals surface area contributed by atoms with Crippen molar-refractivity contribution < 1.29 is 5.11 Å². The van der Waals surface area contributed by atoms with Gasteiger partial charge in [-0.25, -0.2) is 0 Å². The molecule has 3 N–H and O–H groups in total. The average Bonchev–Trinajstić information content (AvgIpc) is 2.55. The minimum atomic E-state index is 0.264. The van der Waals surface area contributed by atoms with Crippen LogP contribution in [0, 0.1) is 0 Å². The second kappa shape index (κ2) is 13.2. The lowest BCUT2D eigenvalue weighted by Crippen LogP contribution is -2.29. The van der Waals surface area contributed by atoms with E-state index in [-0.39, 0.29) is 5.75 Å². The van der Waals surface area contributed by atoms with Crippen LogP contribution in [0.4, 0.5) is 5.69 Å². The third kappa shape index (κ3) is 11.0. The molecule has 0 aliphatic rings. The Kier molecular flexibility index (Phi) is 11.3. The van der Waals surface area contributed by atoms with E-state index in [9.17, 15) is 5.11 Å². The van der Waals surface area contributed by atoms with Crippen LogP contribution < -0.4 is 10.6 Å². The number of hydrogen-bond acceptors (Lipinski definition) is 2. The Morgan fingerprint density at radius 1 is 0.870 bits per heavy atom. The second-order valence-corrected chi connectivity index (χ2v) is 6.52. The van der Waals surface area contributed by atoms with Gasteiger partial charge in [-0.05, 0) is 42.9 Å². The lowest BCUT2D eigenvalue weighted by Gasteiger charge is -2.10. The van der Waals surface area contributed by atoms with Crippen molar-refractivity contribution in [3.8, 4) is 5.75 Å². The van der Waals surface area contributed by atoms with Crippen molar-refractivity contribution in [2.75, 3.05) is 11.9 Å². The molecule has 0 heterocycles. The quantitative estimate of drug-likeness (QED) is 0.264. The summed E-state index contributed by atoms with van der Waals surface area (Å²) in [5.74, 6) is 0.264. The summed E-state index contributed by atoms with van der Waals surface area (Å²) >= 11 is 5.25. The summed E-state index contributed by atoms with van der Waals surface area (Å²) < 4.78 is 0. The van der Waals surface area contributed by atoms with E-state index in [1.165, 1.54) is 57.8 Å². The molecule has 0 amide bonds. The number of aromatic hydroxyl groups is 1. The first-order valence-corrected chi connectivity index (χ1v) is 9.47. The minimum Gasteiger partial charge on any atom is -0.508 e. The topological polar surface area (TPSA) is 44.3 Å². The molecule has 0 spiro atoms. The Labute approximate surface area is 146 Å². The van der Waals surface area contributed by atoms with Crippen molar-refractivity contribution in [2.24, 2.45) is 0 Å².